The van der Waals surface area contributed by atoms with Gasteiger partial charge in [-0.1, -0.05) is 37.8 Å². The van der Waals surface area contributed by atoms with Gasteiger partial charge in [-0.05, 0) is 78.9 Å². The van der Waals surface area contributed by atoms with Crippen molar-refractivity contribution in [2.45, 2.75) is 37.5 Å². The standard InChI is InChI=1S/C28H30ClNO3S/c1-4-5-6-7-18-34-26-17-10-21(19-25(26)28(32)33-3)27(31)20-8-13-23(14-9-20)30(2)24-15-11-22(29)12-16-24/h8-17,19H,4-7,18H2,1-3H3. The number of hydrogen-bond acceptors (Lipinski definition) is 5. The normalized spacial score (nSPS) is 10.7. The van der Waals surface area contributed by atoms with E-state index in [0.29, 0.717) is 21.7 Å². The monoisotopic (exact) mass is 495 g/mol. The molecule has 0 aliphatic heterocycles. The van der Waals surface area contributed by atoms with Crippen LogP contribution in [0, 0.1) is 0 Å². The second kappa shape index (κ2) is 12.6. The predicted octanol–water partition coefficient (Wildman–Crippen LogP) is 7.80. The van der Waals surface area contributed by atoms with Crippen LogP contribution in [0.1, 0.15) is 58.9 Å². The molecule has 0 heterocycles. The van der Waals surface area contributed by atoms with Crippen LogP contribution in [0.15, 0.2) is 71.6 Å². The Morgan fingerprint density at radius 2 is 1.50 bits per heavy atom. The zero-order valence-corrected chi connectivity index (χ0v) is 21.4. The molecule has 0 spiro atoms. The minimum absolute atomic E-state index is 0.134. The predicted molar refractivity (Wildman–Crippen MR) is 142 cm³/mol. The van der Waals surface area contributed by atoms with Crippen LogP contribution in [0.2, 0.25) is 5.02 Å². The fourth-order valence-electron chi connectivity index (χ4n) is 3.59. The Hall–Kier alpha value is -2.76. The quantitative estimate of drug-likeness (QED) is 0.117. The second-order valence-corrected chi connectivity index (χ2v) is 9.60. The lowest BCUT2D eigenvalue weighted by Gasteiger charge is -2.19. The van der Waals surface area contributed by atoms with E-state index >= 15 is 0 Å². The SMILES string of the molecule is CCCCCCSc1ccc(C(=O)c2ccc(N(C)c3ccc(Cl)cc3)cc2)cc1C(=O)OC. The molecule has 0 bridgehead atoms. The van der Waals surface area contributed by atoms with E-state index in [9.17, 15) is 9.59 Å². The molecule has 0 amide bonds. The van der Waals surface area contributed by atoms with Crippen LogP contribution >= 0.6 is 23.4 Å². The van der Waals surface area contributed by atoms with Crippen LogP contribution in [0.25, 0.3) is 0 Å². The molecule has 4 nitrogen and oxygen atoms in total. The van der Waals surface area contributed by atoms with Crippen LogP contribution in [0.5, 0.6) is 0 Å². The topological polar surface area (TPSA) is 46.6 Å². The third kappa shape index (κ3) is 6.64. The maximum atomic E-state index is 13.2. The molecule has 0 N–H and O–H groups in total. The number of halogens is 1. The summed E-state index contributed by atoms with van der Waals surface area (Å²) in [5.41, 5.74) is 3.41. The Balaban J connectivity index is 1.76. The maximum absolute atomic E-state index is 13.2. The van der Waals surface area contributed by atoms with Gasteiger partial charge in [-0.2, -0.15) is 0 Å². The number of anilines is 2. The van der Waals surface area contributed by atoms with Gasteiger partial charge in [0.2, 0.25) is 0 Å². The van der Waals surface area contributed by atoms with Crippen molar-refractivity contribution in [3.63, 3.8) is 0 Å². The summed E-state index contributed by atoms with van der Waals surface area (Å²) >= 11 is 7.62. The molecule has 6 heteroatoms. The lowest BCUT2D eigenvalue weighted by Crippen LogP contribution is -2.10. The first-order valence-corrected chi connectivity index (χ1v) is 12.8. The fourth-order valence-corrected chi connectivity index (χ4v) is 4.75. The number of nitrogens with zero attached hydrogens (tertiary/aromatic N) is 1. The lowest BCUT2D eigenvalue weighted by atomic mass is 10.0. The summed E-state index contributed by atoms with van der Waals surface area (Å²) in [6, 6.07) is 20.3. The highest BCUT2D eigenvalue weighted by atomic mass is 35.5. The first kappa shape index (κ1) is 25.9. The first-order chi connectivity index (χ1) is 16.4. The molecule has 0 aliphatic rings. The Morgan fingerprint density at radius 3 is 2.12 bits per heavy atom. The lowest BCUT2D eigenvalue weighted by molar-refractivity contribution is 0.0596. The molecule has 0 atom stereocenters. The Kier molecular flexibility index (Phi) is 9.61. The van der Waals surface area contributed by atoms with Crippen molar-refractivity contribution in [1.29, 1.82) is 0 Å². The average molecular weight is 496 g/mol. The smallest absolute Gasteiger partial charge is 0.339 e. The van der Waals surface area contributed by atoms with Gasteiger partial charge in [0, 0.05) is 39.5 Å². The summed E-state index contributed by atoms with van der Waals surface area (Å²) in [6.07, 6.45) is 4.67. The average Bonchev–Trinajstić information content (AvgIpc) is 2.88. The van der Waals surface area contributed by atoms with Crippen molar-refractivity contribution in [3.8, 4) is 0 Å². The molecule has 34 heavy (non-hydrogen) atoms. The number of carbonyl (C=O) groups excluding carboxylic acids is 2. The van der Waals surface area contributed by atoms with Gasteiger partial charge in [-0.3, -0.25) is 4.79 Å². The van der Waals surface area contributed by atoms with Crippen molar-refractivity contribution in [1.82, 2.24) is 0 Å². The van der Waals surface area contributed by atoms with Crippen molar-refractivity contribution in [2.24, 2.45) is 0 Å². The van der Waals surface area contributed by atoms with E-state index in [4.69, 9.17) is 16.3 Å². The van der Waals surface area contributed by atoms with E-state index in [1.54, 1.807) is 36.0 Å². The van der Waals surface area contributed by atoms with Gasteiger partial charge < -0.3 is 9.64 Å². The van der Waals surface area contributed by atoms with Crippen molar-refractivity contribution in [3.05, 3.63) is 88.4 Å². The molecule has 0 fully saturated rings. The Labute approximate surface area is 211 Å². The van der Waals surface area contributed by atoms with E-state index in [0.717, 1.165) is 28.4 Å². The molecule has 0 unspecified atom stereocenters. The molecule has 3 rings (SSSR count). The second-order valence-electron chi connectivity index (χ2n) is 8.02. The van der Waals surface area contributed by atoms with Crippen LogP contribution < -0.4 is 4.90 Å². The molecular formula is C28H30ClNO3S. The van der Waals surface area contributed by atoms with Crippen molar-refractivity contribution >= 4 is 46.5 Å². The van der Waals surface area contributed by atoms with Crippen LogP contribution in [0.3, 0.4) is 0 Å². The number of esters is 1. The summed E-state index contributed by atoms with van der Waals surface area (Å²) in [7, 11) is 3.32. The van der Waals surface area contributed by atoms with Crippen molar-refractivity contribution in [2.75, 3.05) is 24.8 Å². The number of benzene rings is 3. The molecule has 0 saturated heterocycles. The van der Waals surface area contributed by atoms with E-state index in [-0.39, 0.29) is 5.78 Å². The van der Waals surface area contributed by atoms with E-state index < -0.39 is 5.97 Å². The minimum Gasteiger partial charge on any atom is -0.465 e. The largest absolute Gasteiger partial charge is 0.465 e. The van der Waals surface area contributed by atoms with Crippen LogP contribution in [-0.2, 0) is 4.74 Å². The number of methoxy groups -OCH3 is 1. The summed E-state index contributed by atoms with van der Waals surface area (Å²) in [5.74, 6) is 0.371. The third-order valence-corrected chi connectivity index (χ3v) is 7.05. The van der Waals surface area contributed by atoms with Gasteiger partial charge in [0.15, 0.2) is 5.78 Å². The number of carbonyl (C=O) groups is 2. The molecule has 178 valence electrons. The van der Waals surface area contributed by atoms with Gasteiger partial charge in [-0.25, -0.2) is 4.79 Å². The zero-order valence-electron chi connectivity index (χ0n) is 19.8. The van der Waals surface area contributed by atoms with Crippen LogP contribution in [-0.4, -0.2) is 31.7 Å². The molecule has 0 saturated carbocycles. The van der Waals surface area contributed by atoms with Crippen molar-refractivity contribution < 1.29 is 14.3 Å². The minimum atomic E-state index is -0.425. The number of unbranched alkanes of at least 4 members (excludes halogenated alkanes) is 3. The molecule has 0 aliphatic carbocycles. The van der Waals surface area contributed by atoms with Crippen LogP contribution in [0.4, 0.5) is 11.4 Å². The number of hydrogen-bond donors (Lipinski definition) is 0. The fraction of sp³-hybridized carbons (Fsp3) is 0.286. The number of ether oxygens (including phenoxy) is 1. The summed E-state index contributed by atoms with van der Waals surface area (Å²) in [5, 5.41) is 0.685. The van der Waals surface area contributed by atoms with E-state index in [1.807, 2.05) is 54.4 Å². The number of thioether (sulfide) groups is 1. The molecule has 3 aromatic carbocycles. The number of ketones is 1. The molecule has 0 aromatic heterocycles. The Morgan fingerprint density at radius 1 is 0.882 bits per heavy atom. The van der Waals surface area contributed by atoms with Gasteiger partial charge in [0.25, 0.3) is 0 Å². The summed E-state index contributed by atoms with van der Waals surface area (Å²) < 4.78 is 4.98. The number of rotatable bonds is 11. The van der Waals surface area contributed by atoms with E-state index in [1.165, 1.54) is 26.4 Å². The molecule has 3 aromatic rings. The zero-order chi connectivity index (χ0) is 24.5. The Bertz CT molecular complexity index is 1110. The van der Waals surface area contributed by atoms with Gasteiger partial charge in [-0.15, -0.1) is 11.8 Å². The highest BCUT2D eigenvalue weighted by Crippen LogP contribution is 2.28. The highest BCUT2D eigenvalue weighted by molar-refractivity contribution is 7.99. The highest BCUT2D eigenvalue weighted by Gasteiger charge is 2.17. The van der Waals surface area contributed by atoms with Gasteiger partial charge in [0.1, 0.15) is 0 Å². The van der Waals surface area contributed by atoms with Gasteiger partial charge in [0.05, 0.1) is 12.7 Å². The first-order valence-electron chi connectivity index (χ1n) is 11.4. The maximum Gasteiger partial charge on any atom is 0.339 e. The molecule has 0 radical (unpaired) electrons. The van der Waals surface area contributed by atoms with Gasteiger partial charge >= 0.3 is 5.97 Å². The third-order valence-electron chi connectivity index (χ3n) is 5.63. The van der Waals surface area contributed by atoms with E-state index in [2.05, 4.69) is 6.92 Å². The summed E-state index contributed by atoms with van der Waals surface area (Å²) in [4.78, 5) is 28.4. The summed E-state index contributed by atoms with van der Waals surface area (Å²) in [6.45, 7) is 2.18. The molecular weight excluding hydrogens is 466 g/mol.